The highest BCUT2D eigenvalue weighted by Gasteiger charge is 2.16. The van der Waals surface area contributed by atoms with Gasteiger partial charge in [0.2, 0.25) is 0 Å². The maximum atomic E-state index is 10.8. The first-order chi connectivity index (χ1) is 11.6. The Morgan fingerprint density at radius 3 is 2.62 bits per heavy atom. The summed E-state index contributed by atoms with van der Waals surface area (Å²) in [6, 6.07) is 10.5. The fourth-order valence-corrected chi connectivity index (χ4v) is 2.87. The summed E-state index contributed by atoms with van der Waals surface area (Å²) in [5, 5.41) is 27.1. The topological polar surface area (TPSA) is 101 Å². The van der Waals surface area contributed by atoms with Crippen molar-refractivity contribution in [3.63, 3.8) is 0 Å². The van der Waals surface area contributed by atoms with Crippen LogP contribution in [-0.2, 0) is 11.2 Å². The molecule has 0 aliphatic rings. The van der Waals surface area contributed by atoms with Gasteiger partial charge in [-0.3, -0.25) is 14.3 Å². The minimum Gasteiger partial charge on any atom is -0.508 e. The standard InChI is InChI=1S/C16H14N4O3S/c21-13-5-3-11(4-6-13)8-14-18-19-16(24-10-15(22)23)20(14)12-2-1-7-17-9-12/h1-7,9,21H,8,10H2,(H,22,23). The van der Waals surface area contributed by atoms with Gasteiger partial charge in [-0.05, 0) is 29.8 Å². The predicted molar refractivity (Wildman–Crippen MR) is 88.4 cm³/mol. The molecule has 3 rings (SSSR count). The number of carbonyl (C=O) groups is 1. The molecule has 8 heteroatoms. The minimum absolute atomic E-state index is 0.0996. The van der Waals surface area contributed by atoms with Crippen LogP contribution in [0.3, 0.4) is 0 Å². The van der Waals surface area contributed by atoms with Crippen molar-refractivity contribution in [2.24, 2.45) is 0 Å². The summed E-state index contributed by atoms with van der Waals surface area (Å²) >= 11 is 1.11. The van der Waals surface area contributed by atoms with Gasteiger partial charge < -0.3 is 10.2 Å². The van der Waals surface area contributed by atoms with Gasteiger partial charge in [0, 0.05) is 12.6 Å². The molecule has 0 saturated carbocycles. The molecule has 122 valence electrons. The summed E-state index contributed by atoms with van der Waals surface area (Å²) in [5.74, 6) is -0.148. The summed E-state index contributed by atoms with van der Waals surface area (Å²) < 4.78 is 1.80. The number of carboxylic acids is 1. The second-order valence-corrected chi connectivity index (χ2v) is 5.91. The Labute approximate surface area is 142 Å². The quantitative estimate of drug-likeness (QED) is 0.662. The third-order valence-corrected chi connectivity index (χ3v) is 4.14. The van der Waals surface area contributed by atoms with E-state index in [2.05, 4.69) is 15.2 Å². The highest BCUT2D eigenvalue weighted by atomic mass is 32.2. The highest BCUT2D eigenvalue weighted by molar-refractivity contribution is 7.99. The molecular weight excluding hydrogens is 328 g/mol. The van der Waals surface area contributed by atoms with Gasteiger partial charge in [-0.2, -0.15) is 0 Å². The molecule has 0 unspecified atom stereocenters. The molecule has 0 amide bonds. The van der Waals surface area contributed by atoms with Crippen molar-refractivity contribution in [3.05, 3.63) is 60.2 Å². The van der Waals surface area contributed by atoms with E-state index in [0.717, 1.165) is 23.0 Å². The van der Waals surface area contributed by atoms with Crippen LogP contribution in [-0.4, -0.2) is 41.7 Å². The number of phenols is 1. The summed E-state index contributed by atoms with van der Waals surface area (Å²) in [6.07, 6.45) is 3.84. The number of thioether (sulfide) groups is 1. The molecule has 0 atom stereocenters. The molecule has 0 aliphatic carbocycles. The van der Waals surface area contributed by atoms with E-state index in [9.17, 15) is 9.90 Å². The van der Waals surface area contributed by atoms with Crippen molar-refractivity contribution in [2.75, 3.05) is 5.75 Å². The number of phenolic OH excluding ortho intramolecular Hbond substituents is 1. The van der Waals surface area contributed by atoms with Gasteiger partial charge >= 0.3 is 5.97 Å². The molecule has 3 aromatic rings. The molecule has 24 heavy (non-hydrogen) atoms. The number of aromatic hydroxyl groups is 1. The molecule has 0 spiro atoms. The van der Waals surface area contributed by atoms with Gasteiger partial charge in [-0.15, -0.1) is 10.2 Å². The number of nitrogens with zero attached hydrogens (tertiary/aromatic N) is 4. The highest BCUT2D eigenvalue weighted by Crippen LogP contribution is 2.23. The van der Waals surface area contributed by atoms with Gasteiger partial charge in [0.25, 0.3) is 0 Å². The monoisotopic (exact) mass is 342 g/mol. The third-order valence-electron chi connectivity index (χ3n) is 3.23. The Balaban J connectivity index is 1.96. The number of benzene rings is 1. The van der Waals surface area contributed by atoms with E-state index in [1.54, 1.807) is 35.2 Å². The average Bonchev–Trinajstić information content (AvgIpc) is 2.98. The molecule has 2 N–H and O–H groups in total. The average molecular weight is 342 g/mol. The zero-order valence-corrected chi connectivity index (χ0v) is 13.3. The minimum atomic E-state index is -0.916. The molecule has 0 bridgehead atoms. The zero-order valence-electron chi connectivity index (χ0n) is 12.5. The SMILES string of the molecule is O=C(O)CSc1nnc(Cc2ccc(O)cc2)n1-c1cccnc1. The van der Waals surface area contributed by atoms with E-state index in [0.29, 0.717) is 17.4 Å². The number of carboxylic acid groups (broad SMARTS) is 1. The van der Waals surface area contributed by atoms with Gasteiger partial charge in [-0.1, -0.05) is 23.9 Å². The van der Waals surface area contributed by atoms with Crippen molar-refractivity contribution >= 4 is 17.7 Å². The smallest absolute Gasteiger partial charge is 0.313 e. The van der Waals surface area contributed by atoms with Crippen molar-refractivity contribution in [2.45, 2.75) is 11.6 Å². The Hall–Kier alpha value is -2.87. The lowest BCUT2D eigenvalue weighted by Crippen LogP contribution is -2.05. The first-order valence-corrected chi connectivity index (χ1v) is 8.09. The lowest BCUT2D eigenvalue weighted by Gasteiger charge is -2.09. The summed E-state index contributed by atoms with van der Waals surface area (Å²) in [7, 11) is 0. The molecule has 0 radical (unpaired) electrons. The molecule has 2 aromatic heterocycles. The maximum absolute atomic E-state index is 10.8. The zero-order chi connectivity index (χ0) is 16.9. The second-order valence-electron chi connectivity index (χ2n) is 4.97. The number of hydrogen-bond donors (Lipinski definition) is 2. The number of rotatable bonds is 6. The van der Waals surface area contributed by atoms with Crippen LogP contribution >= 0.6 is 11.8 Å². The van der Waals surface area contributed by atoms with Crippen LogP contribution in [0.25, 0.3) is 5.69 Å². The Kier molecular flexibility index (Phi) is 4.76. The van der Waals surface area contributed by atoms with Crippen LogP contribution in [0.1, 0.15) is 11.4 Å². The molecular formula is C16H14N4O3S. The van der Waals surface area contributed by atoms with Crippen LogP contribution in [0.5, 0.6) is 5.75 Å². The van der Waals surface area contributed by atoms with Gasteiger partial charge in [0.15, 0.2) is 5.16 Å². The van der Waals surface area contributed by atoms with Crippen molar-refractivity contribution in [1.29, 1.82) is 0 Å². The van der Waals surface area contributed by atoms with E-state index < -0.39 is 5.97 Å². The predicted octanol–water partition coefficient (Wildman–Crippen LogP) is 2.14. The number of hydrogen-bond acceptors (Lipinski definition) is 6. The number of aliphatic carboxylic acids is 1. The Bertz CT molecular complexity index is 834. The lowest BCUT2D eigenvalue weighted by atomic mass is 10.1. The van der Waals surface area contributed by atoms with Gasteiger partial charge in [0.1, 0.15) is 11.6 Å². The van der Waals surface area contributed by atoms with Crippen molar-refractivity contribution < 1.29 is 15.0 Å². The van der Waals surface area contributed by atoms with Crippen LogP contribution in [0.2, 0.25) is 0 Å². The van der Waals surface area contributed by atoms with Gasteiger partial charge in [0.05, 0.1) is 17.6 Å². The van der Waals surface area contributed by atoms with E-state index in [1.165, 1.54) is 0 Å². The van der Waals surface area contributed by atoms with E-state index in [1.807, 2.05) is 18.2 Å². The third kappa shape index (κ3) is 3.72. The van der Waals surface area contributed by atoms with E-state index >= 15 is 0 Å². The fourth-order valence-electron chi connectivity index (χ4n) is 2.18. The molecule has 2 heterocycles. The second kappa shape index (κ2) is 7.14. The van der Waals surface area contributed by atoms with Gasteiger partial charge in [-0.25, -0.2) is 0 Å². The number of pyridine rings is 1. The van der Waals surface area contributed by atoms with Crippen LogP contribution in [0.4, 0.5) is 0 Å². The van der Waals surface area contributed by atoms with Crippen LogP contribution < -0.4 is 0 Å². The van der Waals surface area contributed by atoms with Crippen molar-refractivity contribution in [1.82, 2.24) is 19.7 Å². The first-order valence-electron chi connectivity index (χ1n) is 7.10. The first kappa shape index (κ1) is 16.0. The normalized spacial score (nSPS) is 10.7. The van der Waals surface area contributed by atoms with Crippen LogP contribution in [0, 0.1) is 0 Å². The van der Waals surface area contributed by atoms with Crippen molar-refractivity contribution in [3.8, 4) is 11.4 Å². The molecule has 0 saturated heterocycles. The number of aromatic nitrogens is 4. The molecule has 0 fully saturated rings. The Morgan fingerprint density at radius 2 is 1.96 bits per heavy atom. The Morgan fingerprint density at radius 1 is 1.17 bits per heavy atom. The molecule has 1 aromatic carbocycles. The summed E-state index contributed by atoms with van der Waals surface area (Å²) in [6.45, 7) is 0. The van der Waals surface area contributed by atoms with E-state index in [-0.39, 0.29) is 11.5 Å². The maximum Gasteiger partial charge on any atom is 0.313 e. The summed E-state index contributed by atoms with van der Waals surface area (Å²) in [5.41, 5.74) is 1.73. The largest absolute Gasteiger partial charge is 0.508 e. The molecule has 0 aliphatic heterocycles. The molecule has 7 nitrogen and oxygen atoms in total. The fraction of sp³-hybridized carbons (Fsp3) is 0.125. The lowest BCUT2D eigenvalue weighted by molar-refractivity contribution is -0.133. The summed E-state index contributed by atoms with van der Waals surface area (Å²) in [4.78, 5) is 14.9. The van der Waals surface area contributed by atoms with E-state index in [4.69, 9.17) is 5.11 Å². The van der Waals surface area contributed by atoms with Crippen LogP contribution in [0.15, 0.2) is 53.9 Å².